The van der Waals surface area contributed by atoms with E-state index in [0.717, 1.165) is 6.08 Å². The van der Waals surface area contributed by atoms with E-state index in [2.05, 4.69) is 6.58 Å². The molecular formula is C3H5NO3. The summed E-state index contributed by atoms with van der Waals surface area (Å²) in [5.41, 5.74) is 0. The number of aliphatic hydroxyl groups is 1. The summed E-state index contributed by atoms with van der Waals surface area (Å²) >= 11 is 0. The molecule has 7 heavy (non-hydrogen) atoms. The van der Waals surface area contributed by atoms with Crippen LogP contribution in [0, 0.1) is 10.1 Å². The predicted octanol–water partition coefficient (Wildman–Crippen LogP) is -0.233. The molecule has 0 saturated carbocycles. The summed E-state index contributed by atoms with van der Waals surface area (Å²) in [6.07, 6.45) is -0.764. The lowest BCUT2D eigenvalue weighted by Gasteiger charge is -1.89. The summed E-state index contributed by atoms with van der Waals surface area (Å²) in [4.78, 5) is 8.57. The Balaban J connectivity index is 3.55. The first kappa shape index (κ1) is 6.10. The van der Waals surface area contributed by atoms with Crippen molar-refractivity contribution in [2.24, 2.45) is 0 Å². The molecule has 0 aromatic carbocycles. The molecule has 0 heterocycles. The van der Waals surface area contributed by atoms with E-state index in [0.29, 0.717) is 0 Å². The van der Waals surface area contributed by atoms with Crippen LogP contribution in [-0.4, -0.2) is 16.3 Å². The third kappa shape index (κ3) is 1.88. The molecule has 0 saturated heterocycles. The molecule has 1 N–H and O–H groups in total. The zero-order chi connectivity index (χ0) is 5.86. The van der Waals surface area contributed by atoms with Crippen molar-refractivity contribution in [3.8, 4) is 0 Å². The topological polar surface area (TPSA) is 63.4 Å². The molecule has 0 aliphatic heterocycles. The van der Waals surface area contributed by atoms with Crippen LogP contribution in [-0.2, 0) is 0 Å². The Bertz CT molecular complexity index is 90.2. The van der Waals surface area contributed by atoms with Crippen LogP contribution in [0.2, 0.25) is 0 Å². The van der Waals surface area contributed by atoms with Gasteiger partial charge in [-0.15, -0.1) is 0 Å². The van der Waals surface area contributed by atoms with Crippen LogP contribution in [0.3, 0.4) is 0 Å². The van der Waals surface area contributed by atoms with Crippen LogP contribution in [0.1, 0.15) is 0 Å². The van der Waals surface area contributed by atoms with Crippen molar-refractivity contribution in [3.05, 3.63) is 22.8 Å². The van der Waals surface area contributed by atoms with Gasteiger partial charge in [0.1, 0.15) is 0 Å². The third-order valence-corrected chi connectivity index (χ3v) is 0.427. The highest BCUT2D eigenvalue weighted by Gasteiger charge is 2.05. The van der Waals surface area contributed by atoms with Gasteiger partial charge in [0.25, 0.3) is 0 Å². The van der Waals surface area contributed by atoms with E-state index in [1.165, 1.54) is 0 Å². The van der Waals surface area contributed by atoms with Crippen molar-refractivity contribution in [2.45, 2.75) is 6.23 Å². The van der Waals surface area contributed by atoms with Gasteiger partial charge in [-0.05, 0) is 0 Å². The average Bonchev–Trinajstić information content (AvgIpc) is 1.65. The number of nitro groups is 1. The zero-order valence-electron chi connectivity index (χ0n) is 3.57. The maximum Gasteiger partial charge on any atom is 0.332 e. The minimum atomic E-state index is -1.61. The molecule has 0 amide bonds. The summed E-state index contributed by atoms with van der Waals surface area (Å²) in [5, 5.41) is 17.5. The fourth-order valence-electron chi connectivity index (χ4n) is 0.0861. The minimum Gasteiger partial charge on any atom is -0.330 e. The van der Waals surface area contributed by atoms with Crippen molar-refractivity contribution in [1.82, 2.24) is 0 Å². The molecule has 0 rings (SSSR count). The lowest BCUT2D eigenvalue weighted by Crippen LogP contribution is -2.13. The van der Waals surface area contributed by atoms with Crippen molar-refractivity contribution in [1.29, 1.82) is 0 Å². The van der Waals surface area contributed by atoms with Gasteiger partial charge in [-0.2, -0.15) is 0 Å². The molecular weight excluding hydrogens is 98.0 g/mol. The lowest BCUT2D eigenvalue weighted by atomic mass is 10.6. The summed E-state index contributed by atoms with van der Waals surface area (Å²) < 4.78 is 0. The minimum absolute atomic E-state index is 0.840. The molecule has 0 bridgehead atoms. The largest absolute Gasteiger partial charge is 0.332 e. The fourth-order valence-corrected chi connectivity index (χ4v) is 0.0861. The quantitative estimate of drug-likeness (QED) is 0.227. The molecule has 0 aliphatic rings. The van der Waals surface area contributed by atoms with Crippen LogP contribution in [0.5, 0.6) is 0 Å². The Labute approximate surface area is 40.2 Å². The Kier molecular flexibility index (Phi) is 2.01. The third-order valence-electron chi connectivity index (χ3n) is 0.427. The number of aliphatic hydroxyl groups excluding tert-OH is 1. The number of hydrogen-bond acceptors (Lipinski definition) is 3. The first-order valence-corrected chi connectivity index (χ1v) is 1.62. The van der Waals surface area contributed by atoms with Crippen molar-refractivity contribution in [2.75, 3.05) is 0 Å². The van der Waals surface area contributed by atoms with Crippen LogP contribution < -0.4 is 0 Å². The van der Waals surface area contributed by atoms with Gasteiger partial charge in [0.05, 0.1) is 4.92 Å². The molecule has 4 nitrogen and oxygen atoms in total. The van der Waals surface area contributed by atoms with Gasteiger partial charge >= 0.3 is 6.23 Å². The Hall–Kier alpha value is -0.900. The molecule has 0 unspecified atom stereocenters. The summed E-state index contributed by atoms with van der Waals surface area (Å²) in [7, 11) is 0. The molecule has 1 atom stereocenters. The molecule has 4 heteroatoms. The summed E-state index contributed by atoms with van der Waals surface area (Å²) in [5.74, 6) is 0. The number of nitrogens with zero attached hydrogens (tertiary/aromatic N) is 1. The van der Waals surface area contributed by atoms with E-state index in [1.54, 1.807) is 0 Å². The molecule has 0 aromatic heterocycles. The molecule has 0 fully saturated rings. The standard InChI is InChI=1S/C3H5NO3/c1-2-3(5)4(6)7/h2-3,5H,1H2/t3-/m0/s1. The van der Waals surface area contributed by atoms with E-state index in [9.17, 15) is 10.1 Å². The van der Waals surface area contributed by atoms with Gasteiger partial charge in [0.15, 0.2) is 0 Å². The van der Waals surface area contributed by atoms with E-state index >= 15 is 0 Å². The van der Waals surface area contributed by atoms with E-state index in [1.807, 2.05) is 0 Å². The highest BCUT2D eigenvalue weighted by atomic mass is 16.7. The second kappa shape index (κ2) is 2.30. The van der Waals surface area contributed by atoms with E-state index in [4.69, 9.17) is 5.11 Å². The van der Waals surface area contributed by atoms with Gasteiger partial charge in [0.2, 0.25) is 0 Å². The number of hydrogen-bond donors (Lipinski definition) is 1. The Morgan fingerprint density at radius 1 is 2.00 bits per heavy atom. The molecule has 0 radical (unpaired) electrons. The smallest absolute Gasteiger partial charge is 0.330 e. The summed E-state index contributed by atoms with van der Waals surface area (Å²) in [6.45, 7) is 2.99. The fraction of sp³-hybridized carbons (Fsp3) is 0.333. The highest BCUT2D eigenvalue weighted by Crippen LogP contribution is 1.80. The first-order chi connectivity index (χ1) is 3.18. The highest BCUT2D eigenvalue weighted by molar-refractivity contribution is 4.67. The van der Waals surface area contributed by atoms with E-state index < -0.39 is 11.2 Å². The monoisotopic (exact) mass is 103 g/mol. The average molecular weight is 103 g/mol. The van der Waals surface area contributed by atoms with Gasteiger partial charge < -0.3 is 5.11 Å². The number of rotatable bonds is 2. The molecule has 0 aromatic rings. The SMILES string of the molecule is C=C[C@H](O)[N+](=O)[O-]. The van der Waals surface area contributed by atoms with Gasteiger partial charge in [-0.1, -0.05) is 6.58 Å². The second-order valence-corrected chi connectivity index (χ2v) is 0.935. The molecule has 0 aliphatic carbocycles. The Morgan fingerprint density at radius 2 is 2.43 bits per heavy atom. The van der Waals surface area contributed by atoms with E-state index in [-0.39, 0.29) is 0 Å². The predicted molar refractivity (Wildman–Crippen MR) is 23.2 cm³/mol. The normalized spacial score (nSPS) is 12.7. The second-order valence-electron chi connectivity index (χ2n) is 0.935. The maximum absolute atomic E-state index is 9.41. The van der Waals surface area contributed by atoms with Gasteiger partial charge in [0, 0.05) is 6.08 Å². The Morgan fingerprint density at radius 3 is 2.43 bits per heavy atom. The lowest BCUT2D eigenvalue weighted by molar-refractivity contribution is -0.555. The van der Waals surface area contributed by atoms with Gasteiger partial charge in [-0.3, -0.25) is 10.1 Å². The van der Waals surface area contributed by atoms with Crippen LogP contribution in [0.4, 0.5) is 0 Å². The van der Waals surface area contributed by atoms with Crippen molar-refractivity contribution in [3.63, 3.8) is 0 Å². The summed E-state index contributed by atoms with van der Waals surface area (Å²) in [6, 6.07) is 0. The molecule has 0 spiro atoms. The first-order valence-electron chi connectivity index (χ1n) is 1.62. The van der Waals surface area contributed by atoms with Crippen molar-refractivity contribution < 1.29 is 10.0 Å². The van der Waals surface area contributed by atoms with Crippen LogP contribution >= 0.6 is 0 Å². The molecule has 40 valence electrons. The van der Waals surface area contributed by atoms with Crippen molar-refractivity contribution >= 4 is 0 Å². The van der Waals surface area contributed by atoms with Gasteiger partial charge in [-0.25, -0.2) is 0 Å². The van der Waals surface area contributed by atoms with Crippen LogP contribution in [0.15, 0.2) is 12.7 Å². The zero-order valence-corrected chi connectivity index (χ0v) is 3.57. The maximum atomic E-state index is 9.41. The van der Waals surface area contributed by atoms with Crippen LogP contribution in [0.25, 0.3) is 0 Å².